The molecule has 3 aromatic rings. The van der Waals surface area contributed by atoms with E-state index >= 15 is 0 Å². The molecule has 0 fully saturated rings. The van der Waals surface area contributed by atoms with Crippen LogP contribution in [0.3, 0.4) is 0 Å². The van der Waals surface area contributed by atoms with Gasteiger partial charge in [0.05, 0.1) is 23.2 Å². The van der Waals surface area contributed by atoms with Crippen molar-refractivity contribution in [3.05, 3.63) is 42.5 Å². The van der Waals surface area contributed by atoms with Crippen LogP contribution in [0.2, 0.25) is 0 Å². The number of rotatable bonds is 6. The van der Waals surface area contributed by atoms with Gasteiger partial charge < -0.3 is 9.47 Å². The molecule has 4 heteroatoms. The molecule has 0 amide bonds. The van der Waals surface area contributed by atoms with Crippen molar-refractivity contribution in [2.45, 2.75) is 12.8 Å². The molecule has 0 saturated carbocycles. The second-order valence-corrected chi connectivity index (χ2v) is 4.88. The van der Waals surface area contributed by atoms with Crippen molar-refractivity contribution in [3.8, 4) is 5.75 Å². The number of hydrogen-bond donors (Lipinski definition) is 0. The molecular formula is C17H18N2O2. The third-order valence-corrected chi connectivity index (χ3v) is 3.33. The van der Waals surface area contributed by atoms with E-state index in [1.807, 2.05) is 42.5 Å². The summed E-state index contributed by atoms with van der Waals surface area (Å²) in [5, 5.41) is 0. The van der Waals surface area contributed by atoms with E-state index in [0.717, 1.165) is 47.3 Å². The van der Waals surface area contributed by atoms with Gasteiger partial charge in [0.1, 0.15) is 11.3 Å². The van der Waals surface area contributed by atoms with Crippen molar-refractivity contribution in [3.63, 3.8) is 0 Å². The predicted octanol–water partition coefficient (Wildman–Crippen LogP) is 3.59. The molecule has 0 radical (unpaired) electrons. The Morgan fingerprint density at radius 2 is 1.52 bits per heavy atom. The lowest BCUT2D eigenvalue weighted by atomic mass is 10.2. The van der Waals surface area contributed by atoms with Crippen molar-refractivity contribution in [1.29, 1.82) is 0 Å². The van der Waals surface area contributed by atoms with Crippen LogP contribution in [0, 0.1) is 0 Å². The number of ether oxygens (including phenoxy) is 2. The Bertz CT molecular complexity index is 743. The zero-order valence-corrected chi connectivity index (χ0v) is 12.1. The van der Waals surface area contributed by atoms with Gasteiger partial charge >= 0.3 is 0 Å². The Morgan fingerprint density at radius 1 is 0.810 bits per heavy atom. The topological polar surface area (TPSA) is 44.2 Å². The standard InChI is InChI=1S/C17H18N2O2/c1-20-11-4-5-12-21-16-10-6-9-15-17(16)19-14-8-3-2-7-13(14)18-15/h2-3,6-10H,4-5,11-12H2,1H3. The molecule has 108 valence electrons. The highest BCUT2D eigenvalue weighted by atomic mass is 16.5. The highest BCUT2D eigenvalue weighted by molar-refractivity contribution is 5.89. The number of methoxy groups -OCH3 is 1. The average Bonchev–Trinajstić information content (AvgIpc) is 2.53. The lowest BCUT2D eigenvalue weighted by Crippen LogP contribution is -2.01. The molecule has 0 aliphatic carbocycles. The maximum Gasteiger partial charge on any atom is 0.147 e. The average molecular weight is 282 g/mol. The third kappa shape index (κ3) is 3.11. The molecule has 2 aromatic carbocycles. The number of fused-ring (bicyclic) bond motifs is 2. The van der Waals surface area contributed by atoms with Crippen LogP contribution in [0.5, 0.6) is 5.75 Å². The largest absolute Gasteiger partial charge is 0.491 e. The maximum atomic E-state index is 5.86. The van der Waals surface area contributed by atoms with Crippen LogP contribution in [-0.2, 0) is 4.74 Å². The van der Waals surface area contributed by atoms with Gasteiger partial charge in [-0.3, -0.25) is 0 Å². The molecule has 0 unspecified atom stereocenters. The highest BCUT2D eigenvalue weighted by Crippen LogP contribution is 2.24. The maximum absolute atomic E-state index is 5.86. The van der Waals surface area contributed by atoms with E-state index in [2.05, 4.69) is 9.97 Å². The van der Waals surface area contributed by atoms with Crippen LogP contribution in [0.25, 0.3) is 22.1 Å². The van der Waals surface area contributed by atoms with Crippen molar-refractivity contribution in [1.82, 2.24) is 9.97 Å². The lowest BCUT2D eigenvalue weighted by molar-refractivity contribution is 0.184. The summed E-state index contributed by atoms with van der Waals surface area (Å²) in [7, 11) is 1.71. The summed E-state index contributed by atoms with van der Waals surface area (Å²) in [6.07, 6.45) is 1.96. The van der Waals surface area contributed by atoms with E-state index in [1.54, 1.807) is 7.11 Å². The normalized spacial score (nSPS) is 11.1. The minimum absolute atomic E-state index is 0.664. The smallest absolute Gasteiger partial charge is 0.147 e. The first-order chi connectivity index (χ1) is 10.4. The fraction of sp³-hybridized carbons (Fsp3) is 0.294. The first kappa shape index (κ1) is 13.8. The van der Waals surface area contributed by atoms with Gasteiger partial charge in [0, 0.05) is 13.7 Å². The van der Waals surface area contributed by atoms with E-state index in [-0.39, 0.29) is 0 Å². The van der Waals surface area contributed by atoms with Crippen molar-refractivity contribution >= 4 is 22.1 Å². The van der Waals surface area contributed by atoms with Crippen LogP contribution >= 0.6 is 0 Å². The third-order valence-electron chi connectivity index (χ3n) is 3.33. The Labute approximate surface area is 123 Å². The van der Waals surface area contributed by atoms with Gasteiger partial charge in [-0.1, -0.05) is 18.2 Å². The second kappa shape index (κ2) is 6.50. The fourth-order valence-corrected chi connectivity index (χ4v) is 2.26. The predicted molar refractivity (Wildman–Crippen MR) is 83.6 cm³/mol. The monoisotopic (exact) mass is 282 g/mol. The van der Waals surface area contributed by atoms with E-state index in [1.165, 1.54) is 0 Å². The van der Waals surface area contributed by atoms with Gasteiger partial charge in [-0.2, -0.15) is 0 Å². The molecule has 3 rings (SSSR count). The molecule has 0 aliphatic rings. The molecule has 1 heterocycles. The highest BCUT2D eigenvalue weighted by Gasteiger charge is 2.06. The van der Waals surface area contributed by atoms with Gasteiger partial charge in [0.25, 0.3) is 0 Å². The molecule has 1 aromatic heterocycles. The summed E-state index contributed by atoms with van der Waals surface area (Å²) >= 11 is 0. The summed E-state index contributed by atoms with van der Waals surface area (Å²) in [5.41, 5.74) is 3.48. The lowest BCUT2D eigenvalue weighted by Gasteiger charge is -2.09. The first-order valence-electron chi connectivity index (χ1n) is 7.16. The van der Waals surface area contributed by atoms with Crippen LogP contribution < -0.4 is 4.74 Å². The number of aromatic nitrogens is 2. The van der Waals surface area contributed by atoms with Gasteiger partial charge in [-0.15, -0.1) is 0 Å². The molecule has 0 atom stereocenters. The molecule has 0 spiro atoms. The van der Waals surface area contributed by atoms with Crippen LogP contribution in [-0.4, -0.2) is 30.3 Å². The summed E-state index contributed by atoms with van der Waals surface area (Å²) in [6, 6.07) is 13.7. The number of unbranched alkanes of at least 4 members (excludes halogenated alkanes) is 1. The molecule has 0 saturated heterocycles. The quantitative estimate of drug-likeness (QED) is 0.512. The SMILES string of the molecule is COCCCCOc1cccc2nc3ccccc3nc12. The summed E-state index contributed by atoms with van der Waals surface area (Å²) < 4.78 is 10.9. The molecule has 4 nitrogen and oxygen atoms in total. The van der Waals surface area contributed by atoms with Crippen molar-refractivity contribution in [2.24, 2.45) is 0 Å². The Balaban J connectivity index is 1.86. The number of nitrogens with zero attached hydrogens (tertiary/aromatic N) is 2. The Hall–Kier alpha value is -2.20. The summed E-state index contributed by atoms with van der Waals surface area (Å²) in [5.74, 6) is 0.795. The Kier molecular flexibility index (Phi) is 4.26. The van der Waals surface area contributed by atoms with Crippen molar-refractivity contribution < 1.29 is 9.47 Å². The van der Waals surface area contributed by atoms with Crippen LogP contribution in [0.15, 0.2) is 42.5 Å². The van der Waals surface area contributed by atoms with Gasteiger partial charge in [0.15, 0.2) is 0 Å². The minimum atomic E-state index is 0.664. The Morgan fingerprint density at radius 3 is 2.33 bits per heavy atom. The molecule has 0 bridgehead atoms. The zero-order chi connectivity index (χ0) is 14.5. The van der Waals surface area contributed by atoms with Crippen LogP contribution in [0.4, 0.5) is 0 Å². The molecule has 0 N–H and O–H groups in total. The second-order valence-electron chi connectivity index (χ2n) is 4.88. The van der Waals surface area contributed by atoms with E-state index in [0.29, 0.717) is 6.61 Å². The van der Waals surface area contributed by atoms with Gasteiger partial charge in [0.2, 0.25) is 0 Å². The van der Waals surface area contributed by atoms with Crippen molar-refractivity contribution in [2.75, 3.05) is 20.3 Å². The minimum Gasteiger partial charge on any atom is -0.491 e. The number of hydrogen-bond acceptors (Lipinski definition) is 4. The zero-order valence-electron chi connectivity index (χ0n) is 12.1. The number of benzene rings is 2. The van der Waals surface area contributed by atoms with E-state index < -0.39 is 0 Å². The number of para-hydroxylation sites is 3. The van der Waals surface area contributed by atoms with Crippen LogP contribution in [0.1, 0.15) is 12.8 Å². The first-order valence-corrected chi connectivity index (χ1v) is 7.16. The summed E-state index contributed by atoms with van der Waals surface area (Å²) in [4.78, 5) is 9.31. The van der Waals surface area contributed by atoms with E-state index in [4.69, 9.17) is 9.47 Å². The molecule has 21 heavy (non-hydrogen) atoms. The molecular weight excluding hydrogens is 264 g/mol. The van der Waals surface area contributed by atoms with E-state index in [9.17, 15) is 0 Å². The summed E-state index contributed by atoms with van der Waals surface area (Å²) in [6.45, 7) is 1.43. The van der Waals surface area contributed by atoms with Gasteiger partial charge in [-0.25, -0.2) is 9.97 Å². The fourth-order valence-electron chi connectivity index (χ4n) is 2.26. The molecule has 0 aliphatic heterocycles. The van der Waals surface area contributed by atoms with Gasteiger partial charge in [-0.05, 0) is 37.1 Å².